The van der Waals surface area contributed by atoms with E-state index in [9.17, 15) is 14.3 Å². The third-order valence-electron chi connectivity index (χ3n) is 7.00. The number of aliphatic hydroxyl groups excluding tert-OH is 1. The van der Waals surface area contributed by atoms with Crippen LogP contribution in [0.2, 0.25) is 5.02 Å². The highest BCUT2D eigenvalue weighted by Gasteiger charge is 2.34. The molecule has 1 fully saturated rings. The summed E-state index contributed by atoms with van der Waals surface area (Å²) in [6, 6.07) is 7.98. The summed E-state index contributed by atoms with van der Waals surface area (Å²) in [7, 11) is 1.59. The Balaban J connectivity index is 1.44. The molecule has 0 radical (unpaired) electrons. The van der Waals surface area contributed by atoms with Gasteiger partial charge in [0, 0.05) is 63.0 Å². The minimum atomic E-state index is -0.414. The van der Waals surface area contributed by atoms with Crippen molar-refractivity contribution in [3.05, 3.63) is 70.4 Å². The molecule has 2 aromatic heterocycles. The van der Waals surface area contributed by atoms with Gasteiger partial charge in [-0.25, -0.2) is 9.37 Å². The van der Waals surface area contributed by atoms with Crippen LogP contribution in [0.15, 0.2) is 42.7 Å². The van der Waals surface area contributed by atoms with Gasteiger partial charge in [0.1, 0.15) is 17.3 Å². The number of aromatic nitrogens is 2. The molecule has 1 amide bonds. The largest absolute Gasteiger partial charge is 0.392 e. The molecule has 4 heterocycles. The van der Waals surface area contributed by atoms with Crippen LogP contribution in [-0.2, 0) is 29.2 Å². The van der Waals surface area contributed by atoms with Crippen molar-refractivity contribution in [3.8, 4) is 11.1 Å². The second-order valence-electron chi connectivity index (χ2n) is 9.46. The highest BCUT2D eigenvalue weighted by atomic mass is 35.5. The minimum absolute atomic E-state index is 0.163. The van der Waals surface area contributed by atoms with Gasteiger partial charge >= 0.3 is 0 Å². The fourth-order valence-electron chi connectivity index (χ4n) is 5.03. The highest BCUT2D eigenvalue weighted by molar-refractivity contribution is 6.33. The predicted molar refractivity (Wildman–Crippen MR) is 138 cm³/mol. The van der Waals surface area contributed by atoms with Crippen LogP contribution in [0.25, 0.3) is 11.1 Å². The van der Waals surface area contributed by atoms with E-state index in [4.69, 9.17) is 21.1 Å². The van der Waals surface area contributed by atoms with Crippen molar-refractivity contribution < 1.29 is 23.8 Å². The van der Waals surface area contributed by atoms with Crippen LogP contribution in [0.3, 0.4) is 0 Å². The summed E-state index contributed by atoms with van der Waals surface area (Å²) in [5.74, 6) is 0.116. The monoisotopic (exact) mass is 528 g/mol. The number of nitrogens with one attached hydrogen (secondary N) is 1. The van der Waals surface area contributed by atoms with E-state index in [1.807, 2.05) is 22.9 Å². The number of carbonyl (C=O) groups excluding carboxylic acids is 1. The average Bonchev–Trinajstić information content (AvgIpc) is 3.32. The lowest BCUT2D eigenvalue weighted by molar-refractivity contribution is 0.0386. The molecular weight excluding hydrogens is 499 g/mol. The maximum Gasteiger partial charge on any atom is 0.271 e. The molecule has 1 saturated heterocycles. The Morgan fingerprint density at radius 2 is 2.05 bits per heavy atom. The van der Waals surface area contributed by atoms with E-state index in [-0.39, 0.29) is 31.1 Å². The summed E-state index contributed by atoms with van der Waals surface area (Å²) in [6.07, 6.45) is 5.37. The van der Waals surface area contributed by atoms with Crippen LogP contribution < -0.4 is 5.32 Å². The summed E-state index contributed by atoms with van der Waals surface area (Å²) < 4.78 is 26.8. The number of fused-ring (bicyclic) bond motifs is 1. The first kappa shape index (κ1) is 25.7. The van der Waals surface area contributed by atoms with Gasteiger partial charge in [0.2, 0.25) is 0 Å². The average molecular weight is 529 g/mol. The molecule has 2 N–H and O–H groups in total. The summed E-state index contributed by atoms with van der Waals surface area (Å²) in [4.78, 5) is 19.8. The maximum absolute atomic E-state index is 14.0. The molecule has 0 aliphatic carbocycles. The third kappa shape index (κ3) is 5.50. The molecule has 3 aromatic rings. The molecule has 8 nitrogen and oxygen atoms in total. The van der Waals surface area contributed by atoms with E-state index in [1.165, 1.54) is 12.1 Å². The second kappa shape index (κ2) is 11.2. The van der Waals surface area contributed by atoms with Crippen molar-refractivity contribution in [2.24, 2.45) is 0 Å². The molecule has 196 valence electrons. The van der Waals surface area contributed by atoms with Crippen molar-refractivity contribution in [1.29, 1.82) is 0 Å². The number of hydrogen-bond donors (Lipinski definition) is 2. The molecule has 37 heavy (non-hydrogen) atoms. The van der Waals surface area contributed by atoms with Crippen LogP contribution >= 0.6 is 11.6 Å². The van der Waals surface area contributed by atoms with Crippen molar-refractivity contribution in [3.63, 3.8) is 0 Å². The summed E-state index contributed by atoms with van der Waals surface area (Å²) >= 11 is 6.54. The van der Waals surface area contributed by atoms with Crippen molar-refractivity contribution in [2.75, 3.05) is 32.2 Å². The molecule has 0 unspecified atom stereocenters. The third-order valence-corrected chi connectivity index (χ3v) is 7.30. The van der Waals surface area contributed by atoms with Crippen LogP contribution in [0.5, 0.6) is 0 Å². The molecule has 1 aromatic carbocycles. The fourth-order valence-corrected chi connectivity index (χ4v) is 5.24. The number of rotatable bonds is 8. The number of anilines is 1. The van der Waals surface area contributed by atoms with Crippen LogP contribution in [0, 0.1) is 5.82 Å². The molecule has 2 aliphatic heterocycles. The summed E-state index contributed by atoms with van der Waals surface area (Å²) in [6.45, 7) is 2.20. The van der Waals surface area contributed by atoms with E-state index < -0.39 is 5.82 Å². The zero-order valence-electron chi connectivity index (χ0n) is 20.6. The zero-order chi connectivity index (χ0) is 25.9. The minimum Gasteiger partial charge on any atom is -0.392 e. The molecule has 2 aliphatic rings. The van der Waals surface area contributed by atoms with Gasteiger partial charge in [0.25, 0.3) is 5.91 Å². The number of ether oxygens (including phenoxy) is 2. The smallest absolute Gasteiger partial charge is 0.271 e. The number of benzene rings is 1. The molecule has 5 rings (SSSR count). The van der Waals surface area contributed by atoms with E-state index in [1.54, 1.807) is 24.3 Å². The first-order valence-corrected chi connectivity index (χ1v) is 12.7. The maximum atomic E-state index is 14.0. The standard InChI is InChI=1S/C27H30ClFN4O4/c1-36-16-22-14-32-12-19(23-10-26(30-11-24(23)28)31-21-4-6-37-7-5-21)9-25(32)27(35)33(22)13-18-8-20(29)3-2-17(18)15-34/h2-3,8-12,21-22,34H,4-7,13-16H2,1H3,(H,30,31)/t22-/m1/s1. The lowest BCUT2D eigenvalue weighted by Gasteiger charge is -2.36. The number of methoxy groups -OCH3 is 1. The Labute approximate surface area is 220 Å². The van der Waals surface area contributed by atoms with Gasteiger partial charge in [0.15, 0.2) is 0 Å². The van der Waals surface area contributed by atoms with E-state index >= 15 is 0 Å². The molecule has 0 bridgehead atoms. The van der Waals surface area contributed by atoms with Gasteiger partial charge in [-0.15, -0.1) is 0 Å². The molecule has 0 saturated carbocycles. The fraction of sp³-hybridized carbons (Fsp3) is 0.407. The van der Waals surface area contributed by atoms with Gasteiger partial charge in [0.05, 0.1) is 24.3 Å². The Kier molecular flexibility index (Phi) is 7.76. The Hall–Kier alpha value is -2.98. The van der Waals surface area contributed by atoms with Crippen molar-refractivity contribution in [1.82, 2.24) is 14.5 Å². The van der Waals surface area contributed by atoms with E-state index in [0.29, 0.717) is 35.0 Å². The highest BCUT2D eigenvalue weighted by Crippen LogP contribution is 2.34. The predicted octanol–water partition coefficient (Wildman–Crippen LogP) is 4.10. The van der Waals surface area contributed by atoms with Gasteiger partial charge in [-0.1, -0.05) is 17.7 Å². The number of amides is 1. The lowest BCUT2D eigenvalue weighted by Crippen LogP contribution is -2.49. The first-order chi connectivity index (χ1) is 18.0. The zero-order valence-corrected chi connectivity index (χ0v) is 21.4. The van der Waals surface area contributed by atoms with Gasteiger partial charge in [-0.2, -0.15) is 0 Å². The molecule has 10 heteroatoms. The number of halogens is 2. The number of pyridine rings is 1. The number of aliphatic hydroxyl groups is 1. The van der Waals surface area contributed by atoms with Crippen LogP contribution in [-0.4, -0.2) is 64.5 Å². The van der Waals surface area contributed by atoms with Gasteiger partial charge in [-0.05, 0) is 48.2 Å². The SMILES string of the molecule is COC[C@H]1Cn2cc(-c3cc(NC4CCOCC4)ncc3Cl)cc2C(=O)N1Cc1cc(F)ccc1CO. The van der Waals surface area contributed by atoms with Crippen molar-refractivity contribution in [2.45, 2.75) is 44.6 Å². The Morgan fingerprint density at radius 3 is 2.81 bits per heavy atom. The van der Waals surface area contributed by atoms with Crippen molar-refractivity contribution >= 4 is 23.3 Å². The van der Waals surface area contributed by atoms with Crippen LogP contribution in [0.4, 0.5) is 10.2 Å². The second-order valence-corrected chi connectivity index (χ2v) is 9.87. The van der Waals surface area contributed by atoms with Gasteiger partial charge < -0.3 is 29.4 Å². The lowest BCUT2D eigenvalue weighted by atomic mass is 10.0. The first-order valence-electron chi connectivity index (χ1n) is 12.3. The Morgan fingerprint density at radius 1 is 1.24 bits per heavy atom. The number of nitrogens with zero attached hydrogens (tertiary/aromatic N) is 3. The summed E-state index contributed by atoms with van der Waals surface area (Å²) in [5.41, 5.74) is 3.25. The van der Waals surface area contributed by atoms with E-state index in [2.05, 4.69) is 10.3 Å². The quantitative estimate of drug-likeness (QED) is 0.458. The molecule has 0 spiro atoms. The summed E-state index contributed by atoms with van der Waals surface area (Å²) in [5, 5.41) is 13.7. The molecular formula is C27H30ClFN4O4. The normalized spacial score (nSPS) is 18.2. The number of carbonyl (C=O) groups is 1. The van der Waals surface area contributed by atoms with Gasteiger partial charge in [-0.3, -0.25) is 4.79 Å². The van der Waals surface area contributed by atoms with E-state index in [0.717, 1.165) is 43.0 Å². The molecule has 1 atom stereocenters. The number of hydrogen-bond acceptors (Lipinski definition) is 6. The Bertz CT molecular complexity index is 1280. The topological polar surface area (TPSA) is 88.8 Å². The van der Waals surface area contributed by atoms with Crippen LogP contribution in [0.1, 0.15) is 34.5 Å².